The van der Waals surface area contributed by atoms with E-state index in [0.717, 1.165) is 38.5 Å². The van der Waals surface area contributed by atoms with E-state index in [-0.39, 0.29) is 12.5 Å². The standard InChI is InChI=1S/C65H123NO3/c1-3-5-7-9-11-13-15-17-19-21-23-25-26-27-28-29-30-31-32-33-34-35-36-37-38-39-40-41-43-45-47-49-51-53-55-57-59-61-65(69)66-63(62-67)64(68)60-58-56-54-52-50-48-46-44-42-24-22-20-18-16-14-12-10-8-6-4-2/h28-29,31-32,50,52,58,60,63-64,67-68H,3-27,30,33-49,51,53-57,59,61-62H2,1-2H3,(H,66,69)/b29-28-,32-31-,52-50+,60-58+. The van der Waals surface area contributed by atoms with Crippen molar-refractivity contribution < 1.29 is 15.0 Å². The van der Waals surface area contributed by atoms with Gasteiger partial charge in [-0.3, -0.25) is 4.79 Å². The summed E-state index contributed by atoms with van der Waals surface area (Å²) in [6.45, 7) is 4.33. The molecule has 0 rings (SSSR count). The largest absolute Gasteiger partial charge is 0.394 e. The zero-order valence-corrected chi connectivity index (χ0v) is 46.8. The maximum absolute atomic E-state index is 12.5. The Kier molecular flexibility index (Phi) is 59.2. The second kappa shape index (κ2) is 60.7. The second-order valence-electron chi connectivity index (χ2n) is 21.5. The van der Waals surface area contributed by atoms with E-state index in [0.29, 0.717) is 6.42 Å². The highest BCUT2D eigenvalue weighted by Gasteiger charge is 2.18. The van der Waals surface area contributed by atoms with E-state index in [2.05, 4.69) is 55.6 Å². The smallest absolute Gasteiger partial charge is 0.220 e. The molecule has 0 fully saturated rings. The van der Waals surface area contributed by atoms with Crippen molar-refractivity contribution in [3.05, 3.63) is 48.6 Å². The Bertz CT molecular complexity index is 1090. The van der Waals surface area contributed by atoms with Crippen molar-refractivity contribution in [1.82, 2.24) is 5.32 Å². The maximum Gasteiger partial charge on any atom is 0.220 e. The minimum Gasteiger partial charge on any atom is -0.394 e. The Balaban J connectivity index is 3.46. The molecule has 0 aromatic carbocycles. The fraction of sp³-hybridized carbons (Fsp3) is 0.862. The third-order valence-corrected chi connectivity index (χ3v) is 14.5. The summed E-state index contributed by atoms with van der Waals surface area (Å²) in [5.41, 5.74) is 0. The van der Waals surface area contributed by atoms with E-state index in [1.807, 2.05) is 6.08 Å². The highest BCUT2D eigenvalue weighted by molar-refractivity contribution is 5.76. The molecule has 0 aliphatic rings. The van der Waals surface area contributed by atoms with Gasteiger partial charge in [0, 0.05) is 6.42 Å². The molecule has 0 radical (unpaired) electrons. The number of carbonyl (C=O) groups is 1. The van der Waals surface area contributed by atoms with Gasteiger partial charge in [-0.2, -0.15) is 0 Å². The summed E-state index contributed by atoms with van der Waals surface area (Å²) in [5, 5.41) is 23.2. The Hall–Kier alpha value is -1.65. The fourth-order valence-electron chi connectivity index (χ4n) is 9.76. The molecule has 0 bridgehead atoms. The molecule has 3 N–H and O–H groups in total. The van der Waals surface area contributed by atoms with Crippen molar-refractivity contribution in [2.45, 2.75) is 353 Å². The normalized spacial score (nSPS) is 13.0. The van der Waals surface area contributed by atoms with Crippen molar-refractivity contribution in [2.24, 2.45) is 0 Å². The van der Waals surface area contributed by atoms with Gasteiger partial charge < -0.3 is 15.5 Å². The molecular weight excluding hydrogens is 843 g/mol. The van der Waals surface area contributed by atoms with E-state index < -0.39 is 12.1 Å². The highest BCUT2D eigenvalue weighted by atomic mass is 16.3. The summed E-state index contributed by atoms with van der Waals surface area (Å²) < 4.78 is 0. The van der Waals surface area contributed by atoms with Crippen molar-refractivity contribution in [2.75, 3.05) is 6.61 Å². The highest BCUT2D eigenvalue weighted by Crippen LogP contribution is 2.17. The average Bonchev–Trinajstić information content (AvgIpc) is 3.35. The van der Waals surface area contributed by atoms with Crippen LogP contribution < -0.4 is 5.32 Å². The number of amides is 1. The molecule has 406 valence electrons. The van der Waals surface area contributed by atoms with E-state index in [4.69, 9.17) is 0 Å². The number of hydrogen-bond donors (Lipinski definition) is 3. The van der Waals surface area contributed by atoms with Gasteiger partial charge in [-0.1, -0.05) is 319 Å². The molecule has 69 heavy (non-hydrogen) atoms. The first kappa shape index (κ1) is 67.3. The molecule has 4 heteroatoms. The first-order chi connectivity index (χ1) is 34.2. The first-order valence-electron chi connectivity index (χ1n) is 31.4. The van der Waals surface area contributed by atoms with Gasteiger partial charge in [-0.05, 0) is 64.2 Å². The van der Waals surface area contributed by atoms with Crippen LogP contribution in [0.15, 0.2) is 48.6 Å². The van der Waals surface area contributed by atoms with E-state index in [1.54, 1.807) is 6.08 Å². The lowest BCUT2D eigenvalue weighted by Gasteiger charge is -2.19. The lowest BCUT2D eigenvalue weighted by molar-refractivity contribution is -0.123. The monoisotopic (exact) mass is 966 g/mol. The molecule has 0 saturated carbocycles. The van der Waals surface area contributed by atoms with E-state index in [1.165, 1.54) is 283 Å². The third-order valence-electron chi connectivity index (χ3n) is 14.5. The molecule has 2 atom stereocenters. The van der Waals surface area contributed by atoms with Crippen LogP contribution in [0, 0.1) is 0 Å². The molecule has 0 aromatic heterocycles. The molecule has 0 spiro atoms. The maximum atomic E-state index is 12.5. The lowest BCUT2D eigenvalue weighted by Crippen LogP contribution is -2.45. The summed E-state index contributed by atoms with van der Waals surface area (Å²) in [6.07, 6.45) is 84.6. The van der Waals surface area contributed by atoms with Gasteiger partial charge in [0.15, 0.2) is 0 Å². The lowest BCUT2D eigenvalue weighted by atomic mass is 10.0. The van der Waals surface area contributed by atoms with Gasteiger partial charge >= 0.3 is 0 Å². The number of aliphatic hydroxyl groups is 2. The minimum absolute atomic E-state index is 0.0694. The number of nitrogens with one attached hydrogen (secondary N) is 1. The number of unbranched alkanes of at least 4 members (excludes halogenated alkanes) is 45. The predicted octanol–water partition coefficient (Wildman–Crippen LogP) is 21.0. The molecule has 0 saturated heterocycles. The molecule has 4 nitrogen and oxygen atoms in total. The number of carbonyl (C=O) groups excluding carboxylic acids is 1. The summed E-state index contributed by atoms with van der Waals surface area (Å²) in [6, 6.07) is -0.640. The zero-order chi connectivity index (χ0) is 49.9. The van der Waals surface area contributed by atoms with Crippen LogP contribution >= 0.6 is 0 Å². The van der Waals surface area contributed by atoms with Gasteiger partial charge in [-0.25, -0.2) is 0 Å². The number of hydrogen-bond acceptors (Lipinski definition) is 3. The Labute approximate surface area is 433 Å². The van der Waals surface area contributed by atoms with Crippen LogP contribution in [0.1, 0.15) is 341 Å². The Morgan fingerprint density at radius 1 is 0.348 bits per heavy atom. The van der Waals surface area contributed by atoms with E-state index >= 15 is 0 Å². The minimum atomic E-state index is -0.863. The molecule has 1 amide bonds. The van der Waals surface area contributed by atoms with Crippen LogP contribution in [0.4, 0.5) is 0 Å². The van der Waals surface area contributed by atoms with E-state index in [9.17, 15) is 15.0 Å². The Morgan fingerprint density at radius 2 is 0.609 bits per heavy atom. The molecule has 0 heterocycles. The molecule has 0 aliphatic carbocycles. The predicted molar refractivity (Wildman–Crippen MR) is 308 cm³/mol. The quantitative estimate of drug-likeness (QED) is 0.0420. The topological polar surface area (TPSA) is 69.6 Å². The van der Waals surface area contributed by atoms with Crippen LogP contribution in [0.5, 0.6) is 0 Å². The fourth-order valence-corrected chi connectivity index (χ4v) is 9.76. The van der Waals surface area contributed by atoms with Crippen LogP contribution in [0.2, 0.25) is 0 Å². The summed E-state index contributed by atoms with van der Waals surface area (Å²) in [5.74, 6) is -0.0694. The number of rotatable bonds is 58. The van der Waals surface area contributed by atoms with Crippen molar-refractivity contribution >= 4 is 5.91 Å². The summed E-state index contributed by atoms with van der Waals surface area (Å²) >= 11 is 0. The third kappa shape index (κ3) is 57.1. The Morgan fingerprint density at radius 3 is 0.928 bits per heavy atom. The van der Waals surface area contributed by atoms with Gasteiger partial charge in [0.2, 0.25) is 5.91 Å². The SMILES string of the molecule is CCCCCCCCCCCCCCC/C=C\C/C=C\CCCCCCCCCCCCCCCCCCCC(=O)NC(CO)C(O)/C=C/CC/C=C/CCCCCCCCCCCCCCCC. The van der Waals surface area contributed by atoms with Gasteiger partial charge in [0.1, 0.15) is 0 Å². The van der Waals surface area contributed by atoms with Gasteiger partial charge in [0.25, 0.3) is 0 Å². The number of aliphatic hydroxyl groups excluding tert-OH is 2. The zero-order valence-electron chi connectivity index (χ0n) is 46.8. The van der Waals surface area contributed by atoms with Crippen LogP contribution in [-0.4, -0.2) is 34.9 Å². The van der Waals surface area contributed by atoms with Gasteiger partial charge in [-0.15, -0.1) is 0 Å². The van der Waals surface area contributed by atoms with Crippen molar-refractivity contribution in [3.63, 3.8) is 0 Å². The van der Waals surface area contributed by atoms with Crippen molar-refractivity contribution in [1.29, 1.82) is 0 Å². The van der Waals surface area contributed by atoms with Crippen molar-refractivity contribution in [3.8, 4) is 0 Å². The average molecular weight is 967 g/mol. The van der Waals surface area contributed by atoms with Gasteiger partial charge in [0.05, 0.1) is 18.8 Å². The van der Waals surface area contributed by atoms with Crippen LogP contribution in [0.25, 0.3) is 0 Å². The number of allylic oxidation sites excluding steroid dienone is 7. The van der Waals surface area contributed by atoms with Crippen LogP contribution in [0.3, 0.4) is 0 Å². The summed E-state index contributed by atoms with van der Waals surface area (Å²) in [4.78, 5) is 12.5. The second-order valence-corrected chi connectivity index (χ2v) is 21.5. The molecule has 0 aromatic rings. The first-order valence-corrected chi connectivity index (χ1v) is 31.4. The molecule has 2 unspecified atom stereocenters. The van der Waals surface area contributed by atoms with Crippen LogP contribution in [-0.2, 0) is 4.79 Å². The summed E-state index contributed by atoms with van der Waals surface area (Å²) in [7, 11) is 0. The molecule has 0 aliphatic heterocycles. The molecular formula is C65H123NO3.